The summed E-state index contributed by atoms with van der Waals surface area (Å²) >= 11 is 0. The molecule has 1 fully saturated rings. The molecule has 0 aromatic carbocycles. The zero-order valence-electron chi connectivity index (χ0n) is 8.27. The molecule has 1 atom stereocenters. The van der Waals surface area contributed by atoms with Crippen molar-refractivity contribution < 1.29 is 9.53 Å². The van der Waals surface area contributed by atoms with Crippen LogP contribution >= 0.6 is 0 Å². The lowest BCUT2D eigenvalue weighted by Crippen LogP contribution is -2.28. The number of carbonyl (C=O) groups is 1. The Bertz CT molecular complexity index is 367. The second-order valence-electron chi connectivity index (χ2n) is 3.36. The van der Waals surface area contributed by atoms with Gasteiger partial charge in [-0.3, -0.25) is 4.79 Å². The number of rotatable bonds is 3. The summed E-state index contributed by atoms with van der Waals surface area (Å²) in [5, 5.41) is 2.70. The van der Waals surface area contributed by atoms with E-state index in [2.05, 4.69) is 10.3 Å². The molecule has 0 spiro atoms. The molecule has 0 bridgehead atoms. The van der Waals surface area contributed by atoms with Gasteiger partial charge in [0, 0.05) is 31.3 Å². The minimum absolute atomic E-state index is 0.0800. The van der Waals surface area contributed by atoms with E-state index in [0.29, 0.717) is 25.4 Å². The molecule has 2 heterocycles. The summed E-state index contributed by atoms with van der Waals surface area (Å²) in [6.45, 7) is 1.02. The number of nitrogens with one attached hydrogen (secondary N) is 1. The Kier molecular flexibility index (Phi) is 2.82. The Labute approximate surface area is 87.6 Å². The normalized spacial score (nSPS) is 20.1. The van der Waals surface area contributed by atoms with Crippen molar-refractivity contribution in [1.82, 2.24) is 10.3 Å². The zero-order valence-corrected chi connectivity index (χ0v) is 8.27. The molecule has 5 nitrogen and oxygen atoms in total. The maximum Gasteiger partial charge on any atom is 0.261 e. The number of amides is 1. The number of hydrogen-bond donors (Lipinski definition) is 2. The van der Waals surface area contributed by atoms with Gasteiger partial charge in [0.05, 0.1) is 0 Å². The average Bonchev–Trinajstić information content (AvgIpc) is 2.65. The lowest BCUT2D eigenvalue weighted by Gasteiger charge is -2.12. The number of pyridine rings is 1. The van der Waals surface area contributed by atoms with Crippen molar-refractivity contribution in [2.45, 2.75) is 19.1 Å². The first-order valence-electron chi connectivity index (χ1n) is 4.89. The van der Waals surface area contributed by atoms with Crippen molar-refractivity contribution in [1.29, 1.82) is 0 Å². The molecule has 1 aromatic rings. The van der Waals surface area contributed by atoms with Crippen molar-refractivity contribution in [3.63, 3.8) is 0 Å². The fourth-order valence-corrected chi connectivity index (χ4v) is 1.50. The Morgan fingerprint density at radius 1 is 1.67 bits per heavy atom. The van der Waals surface area contributed by atoms with Crippen LogP contribution in [-0.4, -0.2) is 23.5 Å². The number of nitrogens with zero attached hydrogens (tertiary/aromatic N) is 1. The van der Waals surface area contributed by atoms with E-state index in [9.17, 15) is 4.79 Å². The topological polar surface area (TPSA) is 77.2 Å². The van der Waals surface area contributed by atoms with E-state index in [1.165, 1.54) is 0 Å². The van der Waals surface area contributed by atoms with Crippen LogP contribution in [0.15, 0.2) is 18.3 Å². The Morgan fingerprint density at radius 2 is 2.53 bits per heavy atom. The molecule has 3 N–H and O–H groups in total. The summed E-state index contributed by atoms with van der Waals surface area (Å²) in [5.41, 5.74) is 6.36. The van der Waals surface area contributed by atoms with Gasteiger partial charge < -0.3 is 15.8 Å². The number of carbonyl (C=O) groups excluding carboxylic acids is 1. The molecule has 0 radical (unpaired) electrons. The van der Waals surface area contributed by atoms with Crippen molar-refractivity contribution in [3.8, 4) is 5.88 Å². The molecule has 1 unspecified atom stereocenters. The van der Waals surface area contributed by atoms with Crippen LogP contribution in [0.4, 0.5) is 0 Å². The predicted molar refractivity (Wildman–Crippen MR) is 54.2 cm³/mol. The van der Waals surface area contributed by atoms with Gasteiger partial charge in [-0.25, -0.2) is 4.98 Å². The third-order valence-corrected chi connectivity index (χ3v) is 2.32. The molecule has 1 aromatic heterocycles. The van der Waals surface area contributed by atoms with Crippen LogP contribution < -0.4 is 15.8 Å². The van der Waals surface area contributed by atoms with Gasteiger partial charge in [-0.2, -0.15) is 0 Å². The van der Waals surface area contributed by atoms with Crippen LogP contribution in [0.25, 0.3) is 0 Å². The Hall–Kier alpha value is -1.62. The summed E-state index contributed by atoms with van der Waals surface area (Å²) in [7, 11) is 0. The Balaban J connectivity index is 2.12. The molecular formula is C10H13N3O2. The van der Waals surface area contributed by atoms with Crippen LogP contribution in [-0.2, 0) is 11.3 Å². The van der Waals surface area contributed by atoms with E-state index < -0.39 is 6.10 Å². The first kappa shape index (κ1) is 9.92. The zero-order chi connectivity index (χ0) is 10.7. The first-order valence-corrected chi connectivity index (χ1v) is 4.89. The number of ether oxygens (including phenoxy) is 1. The SMILES string of the molecule is NCc1cccnc1OC1CCNC1=O. The third-order valence-electron chi connectivity index (χ3n) is 2.32. The molecule has 80 valence electrons. The van der Waals surface area contributed by atoms with Crippen LogP contribution in [0.3, 0.4) is 0 Å². The molecule has 1 aliphatic rings. The van der Waals surface area contributed by atoms with Crippen LogP contribution in [0.5, 0.6) is 5.88 Å². The molecule has 1 saturated heterocycles. The van der Waals surface area contributed by atoms with Gasteiger partial charge in [-0.05, 0) is 6.07 Å². The van der Waals surface area contributed by atoms with E-state index in [0.717, 1.165) is 5.56 Å². The summed E-state index contributed by atoms with van der Waals surface area (Å²) in [6.07, 6.45) is 1.88. The minimum atomic E-state index is -0.426. The maximum atomic E-state index is 11.3. The number of aromatic nitrogens is 1. The van der Waals surface area contributed by atoms with E-state index >= 15 is 0 Å². The van der Waals surface area contributed by atoms with Gasteiger partial charge in [-0.1, -0.05) is 6.07 Å². The largest absolute Gasteiger partial charge is 0.464 e. The highest BCUT2D eigenvalue weighted by molar-refractivity contribution is 5.83. The molecule has 2 rings (SSSR count). The number of nitrogens with two attached hydrogens (primary N) is 1. The third kappa shape index (κ3) is 2.07. The van der Waals surface area contributed by atoms with E-state index in [4.69, 9.17) is 10.5 Å². The van der Waals surface area contributed by atoms with Gasteiger partial charge in [0.25, 0.3) is 5.91 Å². The van der Waals surface area contributed by atoms with E-state index in [-0.39, 0.29) is 5.91 Å². The molecule has 1 amide bonds. The number of hydrogen-bond acceptors (Lipinski definition) is 4. The fourth-order valence-electron chi connectivity index (χ4n) is 1.50. The van der Waals surface area contributed by atoms with Crippen molar-refractivity contribution in [2.24, 2.45) is 5.73 Å². The molecule has 5 heteroatoms. The highest BCUT2D eigenvalue weighted by Gasteiger charge is 2.26. The van der Waals surface area contributed by atoms with Gasteiger partial charge in [0.1, 0.15) is 0 Å². The molecule has 1 aliphatic heterocycles. The highest BCUT2D eigenvalue weighted by Crippen LogP contribution is 2.17. The predicted octanol–water partition coefficient (Wildman–Crippen LogP) is -0.192. The van der Waals surface area contributed by atoms with Gasteiger partial charge in [-0.15, -0.1) is 0 Å². The molecule has 0 aliphatic carbocycles. The Morgan fingerprint density at radius 3 is 3.20 bits per heavy atom. The minimum Gasteiger partial charge on any atom is -0.464 e. The first-order chi connectivity index (χ1) is 7.31. The smallest absolute Gasteiger partial charge is 0.261 e. The molecular weight excluding hydrogens is 194 g/mol. The summed E-state index contributed by atoms with van der Waals surface area (Å²) < 4.78 is 5.51. The average molecular weight is 207 g/mol. The second-order valence-corrected chi connectivity index (χ2v) is 3.36. The standard InChI is InChI=1S/C10H13N3O2/c11-6-7-2-1-4-13-10(7)15-8-3-5-12-9(8)14/h1-2,4,8H,3,5-6,11H2,(H,12,14). The second kappa shape index (κ2) is 4.27. The molecule has 0 saturated carbocycles. The summed E-state index contributed by atoms with van der Waals surface area (Å²) in [4.78, 5) is 15.3. The van der Waals surface area contributed by atoms with Gasteiger partial charge >= 0.3 is 0 Å². The fraction of sp³-hybridized carbons (Fsp3) is 0.400. The highest BCUT2D eigenvalue weighted by atomic mass is 16.5. The lowest BCUT2D eigenvalue weighted by atomic mass is 10.2. The van der Waals surface area contributed by atoms with Gasteiger partial charge in [0.2, 0.25) is 5.88 Å². The van der Waals surface area contributed by atoms with E-state index in [1.807, 2.05) is 6.07 Å². The summed E-state index contributed by atoms with van der Waals surface area (Å²) in [5.74, 6) is 0.380. The van der Waals surface area contributed by atoms with Crippen molar-refractivity contribution in [3.05, 3.63) is 23.9 Å². The van der Waals surface area contributed by atoms with Gasteiger partial charge in [0.15, 0.2) is 6.10 Å². The van der Waals surface area contributed by atoms with Crippen molar-refractivity contribution >= 4 is 5.91 Å². The quantitative estimate of drug-likeness (QED) is 0.720. The van der Waals surface area contributed by atoms with Crippen molar-refractivity contribution in [2.75, 3.05) is 6.54 Å². The van der Waals surface area contributed by atoms with Crippen LogP contribution in [0.2, 0.25) is 0 Å². The molecule has 15 heavy (non-hydrogen) atoms. The lowest BCUT2D eigenvalue weighted by molar-refractivity contribution is -0.125. The van der Waals surface area contributed by atoms with Crippen LogP contribution in [0.1, 0.15) is 12.0 Å². The van der Waals surface area contributed by atoms with Crippen LogP contribution in [0, 0.1) is 0 Å². The van der Waals surface area contributed by atoms with E-state index in [1.54, 1.807) is 12.3 Å². The maximum absolute atomic E-state index is 11.3. The summed E-state index contributed by atoms with van der Waals surface area (Å²) in [6, 6.07) is 3.64. The monoisotopic (exact) mass is 207 g/mol.